The van der Waals surface area contributed by atoms with Crippen molar-refractivity contribution in [3.05, 3.63) is 17.7 Å². The number of amides is 1. The molecule has 0 bridgehead atoms. The Morgan fingerprint density at radius 1 is 1.42 bits per heavy atom. The second kappa shape index (κ2) is 7.72. The van der Waals surface area contributed by atoms with Gasteiger partial charge in [-0.15, -0.1) is 0 Å². The second-order valence-electron chi connectivity index (χ2n) is 9.23. The number of rotatable bonds is 5. The quantitative estimate of drug-likeness (QED) is 0.754. The lowest BCUT2D eigenvalue weighted by atomic mass is 10.1. The molecule has 148 valence electrons. The van der Waals surface area contributed by atoms with Gasteiger partial charge in [-0.25, -0.2) is 9.78 Å². The Morgan fingerprint density at radius 2 is 2.08 bits per heavy atom. The van der Waals surface area contributed by atoms with Crippen molar-refractivity contribution in [1.29, 1.82) is 0 Å². The Labute approximate surface area is 158 Å². The maximum Gasteiger partial charge on any atom is 0.410 e. The third-order valence-electron chi connectivity index (χ3n) is 5.48. The van der Waals surface area contributed by atoms with Crippen molar-refractivity contribution in [3.8, 4) is 0 Å². The average molecular weight is 382 g/mol. The fourth-order valence-electron chi connectivity index (χ4n) is 2.92. The normalized spacial score (nSPS) is 21.5. The van der Waals surface area contributed by atoms with E-state index < -0.39 is 8.32 Å². The van der Waals surface area contributed by atoms with Crippen molar-refractivity contribution in [2.75, 3.05) is 13.2 Å². The van der Waals surface area contributed by atoms with Gasteiger partial charge < -0.3 is 14.1 Å². The summed E-state index contributed by atoms with van der Waals surface area (Å²) in [5, 5.41) is 0.180. The van der Waals surface area contributed by atoms with E-state index in [-0.39, 0.29) is 23.3 Å². The summed E-state index contributed by atoms with van der Waals surface area (Å²) >= 11 is 0. The number of hydrogen-bond donors (Lipinski definition) is 1. The van der Waals surface area contributed by atoms with Crippen molar-refractivity contribution >= 4 is 14.4 Å². The fourth-order valence-corrected chi connectivity index (χ4v) is 4.00. The number of aryl methyl sites for hydroxylation is 1. The van der Waals surface area contributed by atoms with Crippen molar-refractivity contribution < 1.29 is 14.0 Å². The third-order valence-corrected chi connectivity index (χ3v) is 9.98. The molecule has 2 atom stereocenters. The number of aromatic amines is 1. The van der Waals surface area contributed by atoms with Crippen molar-refractivity contribution in [2.24, 2.45) is 5.92 Å². The fraction of sp³-hybridized carbons (Fsp3) is 0.789. The zero-order valence-electron chi connectivity index (χ0n) is 17.5. The van der Waals surface area contributed by atoms with Gasteiger partial charge in [0.15, 0.2) is 8.32 Å². The highest BCUT2D eigenvalue weighted by Crippen LogP contribution is 2.39. The number of carbonyl (C=O) groups is 1. The highest BCUT2D eigenvalue weighted by Gasteiger charge is 2.42. The van der Waals surface area contributed by atoms with E-state index in [4.69, 9.17) is 9.16 Å². The minimum absolute atomic E-state index is 0.0806. The molecule has 1 fully saturated rings. The van der Waals surface area contributed by atoms with E-state index in [9.17, 15) is 4.79 Å². The van der Waals surface area contributed by atoms with Crippen LogP contribution < -0.4 is 0 Å². The smallest absolute Gasteiger partial charge is 0.410 e. The summed E-state index contributed by atoms with van der Waals surface area (Å²) < 4.78 is 11.9. The monoisotopic (exact) mass is 381 g/mol. The molecule has 2 heterocycles. The first kappa shape index (κ1) is 21.0. The van der Waals surface area contributed by atoms with Crippen LogP contribution in [0.4, 0.5) is 4.79 Å². The van der Waals surface area contributed by atoms with Gasteiger partial charge >= 0.3 is 6.09 Å². The van der Waals surface area contributed by atoms with Crippen molar-refractivity contribution in [2.45, 2.75) is 78.2 Å². The minimum Gasteiger partial charge on any atom is -0.447 e. The Morgan fingerprint density at radius 3 is 2.58 bits per heavy atom. The first-order valence-corrected chi connectivity index (χ1v) is 12.4. The molecule has 0 aliphatic carbocycles. The second-order valence-corrected chi connectivity index (χ2v) is 14.0. The number of carbonyl (C=O) groups excluding carboxylic acids is 1. The molecule has 0 spiro atoms. The Bertz CT molecular complexity index is 622. The Hall–Kier alpha value is -1.34. The molecule has 2 rings (SSSR count). The average Bonchev–Trinajstić information content (AvgIpc) is 3.09. The molecule has 1 aliphatic rings. The molecular formula is C19H35N3O3Si. The van der Waals surface area contributed by atoms with E-state index >= 15 is 0 Å². The largest absolute Gasteiger partial charge is 0.447 e. The molecule has 7 heteroatoms. The molecule has 1 N–H and O–H groups in total. The Balaban J connectivity index is 2.10. The SMILES string of the molecule is Cc1cnc(C2CC(CO[Si](C)(C)C(C)(C)C)CN2C(=O)OC(C)C)[nH]1. The van der Waals surface area contributed by atoms with Gasteiger partial charge in [-0.3, -0.25) is 4.90 Å². The molecule has 26 heavy (non-hydrogen) atoms. The standard InChI is InChI=1S/C19H35N3O3Si/c1-13(2)25-18(23)22-11-15(12-24-26(7,8)19(4,5)6)9-16(22)17-20-10-14(3)21-17/h10,13,15-16H,9,11-12H2,1-8H3,(H,20,21). The lowest BCUT2D eigenvalue weighted by Gasteiger charge is -2.37. The van der Waals surface area contributed by atoms with Gasteiger partial charge in [0.25, 0.3) is 0 Å². The lowest BCUT2D eigenvalue weighted by molar-refractivity contribution is 0.0709. The van der Waals surface area contributed by atoms with E-state index in [1.807, 2.05) is 20.8 Å². The van der Waals surface area contributed by atoms with Crippen LogP contribution in [-0.4, -0.2) is 48.5 Å². The maximum atomic E-state index is 12.6. The number of nitrogens with zero attached hydrogens (tertiary/aromatic N) is 2. The van der Waals surface area contributed by atoms with E-state index in [1.165, 1.54) is 0 Å². The van der Waals surface area contributed by atoms with Crippen molar-refractivity contribution in [3.63, 3.8) is 0 Å². The van der Waals surface area contributed by atoms with Gasteiger partial charge in [-0.05, 0) is 45.3 Å². The maximum absolute atomic E-state index is 12.6. The molecule has 0 radical (unpaired) electrons. The molecular weight excluding hydrogens is 346 g/mol. The van der Waals surface area contributed by atoms with E-state index in [1.54, 1.807) is 11.1 Å². The number of ether oxygens (including phenoxy) is 1. The zero-order chi connectivity index (χ0) is 19.7. The number of likely N-dealkylation sites (tertiary alicyclic amines) is 1. The van der Waals surface area contributed by atoms with Crippen LogP contribution in [0.15, 0.2) is 6.20 Å². The molecule has 2 unspecified atom stereocenters. The van der Waals surface area contributed by atoms with Gasteiger partial charge in [0.05, 0.1) is 12.1 Å². The van der Waals surface area contributed by atoms with Crippen LogP contribution in [0.3, 0.4) is 0 Å². The van der Waals surface area contributed by atoms with Gasteiger partial charge in [0, 0.05) is 31.0 Å². The number of H-pyrrole nitrogens is 1. The molecule has 1 amide bonds. The summed E-state index contributed by atoms with van der Waals surface area (Å²) in [6, 6.07) is -0.0806. The summed E-state index contributed by atoms with van der Waals surface area (Å²) in [7, 11) is -1.80. The van der Waals surface area contributed by atoms with E-state index in [2.05, 4.69) is 43.8 Å². The van der Waals surface area contributed by atoms with Crippen LogP contribution in [-0.2, 0) is 9.16 Å². The highest BCUT2D eigenvalue weighted by molar-refractivity contribution is 6.74. The van der Waals surface area contributed by atoms with Crippen LogP contribution in [0.25, 0.3) is 0 Å². The summed E-state index contributed by atoms with van der Waals surface area (Å²) in [5.74, 6) is 1.12. The van der Waals surface area contributed by atoms with E-state index in [0.29, 0.717) is 19.1 Å². The summed E-state index contributed by atoms with van der Waals surface area (Å²) in [5.41, 5.74) is 0.998. The van der Waals surface area contributed by atoms with Gasteiger partial charge in [0.1, 0.15) is 5.82 Å². The minimum atomic E-state index is -1.80. The number of imidazole rings is 1. The third kappa shape index (κ3) is 4.88. The van der Waals surface area contributed by atoms with Crippen LogP contribution >= 0.6 is 0 Å². The molecule has 6 nitrogen and oxygen atoms in total. The summed E-state index contributed by atoms with van der Waals surface area (Å²) in [6.07, 6.45) is 2.24. The molecule has 0 saturated carbocycles. The molecule has 1 aromatic rings. The predicted octanol–water partition coefficient (Wildman–Crippen LogP) is 4.65. The Kier molecular flexibility index (Phi) is 6.23. The van der Waals surface area contributed by atoms with E-state index in [0.717, 1.165) is 17.9 Å². The molecule has 1 aliphatic heterocycles. The van der Waals surface area contributed by atoms with Crippen LogP contribution in [0.1, 0.15) is 58.6 Å². The molecule has 1 saturated heterocycles. The molecule has 1 aromatic heterocycles. The lowest BCUT2D eigenvalue weighted by Crippen LogP contribution is -2.42. The summed E-state index contributed by atoms with van der Waals surface area (Å²) in [6.45, 7) is 18.3. The first-order valence-electron chi connectivity index (χ1n) is 9.53. The number of aromatic nitrogens is 2. The van der Waals surface area contributed by atoms with Crippen molar-refractivity contribution in [1.82, 2.24) is 14.9 Å². The highest BCUT2D eigenvalue weighted by atomic mass is 28.4. The number of hydrogen-bond acceptors (Lipinski definition) is 4. The van der Waals surface area contributed by atoms with Gasteiger partial charge in [0.2, 0.25) is 0 Å². The van der Waals surface area contributed by atoms with Gasteiger partial charge in [-0.2, -0.15) is 0 Å². The van der Waals surface area contributed by atoms with Crippen LogP contribution in [0, 0.1) is 12.8 Å². The first-order chi connectivity index (χ1) is 11.9. The van der Waals surface area contributed by atoms with Gasteiger partial charge in [-0.1, -0.05) is 20.8 Å². The summed E-state index contributed by atoms with van der Waals surface area (Å²) in [4.78, 5) is 22.1. The van der Waals surface area contributed by atoms with Crippen LogP contribution in [0.5, 0.6) is 0 Å². The van der Waals surface area contributed by atoms with Crippen LogP contribution in [0.2, 0.25) is 18.1 Å². The topological polar surface area (TPSA) is 67.4 Å². The predicted molar refractivity (Wildman–Crippen MR) is 106 cm³/mol. The molecule has 0 aromatic carbocycles. The number of nitrogens with one attached hydrogen (secondary N) is 1. The zero-order valence-corrected chi connectivity index (χ0v) is 18.5.